The van der Waals surface area contributed by atoms with Crippen LogP contribution in [0.5, 0.6) is 5.75 Å². The molecule has 2 unspecified atom stereocenters. The van der Waals surface area contributed by atoms with E-state index in [2.05, 4.69) is 23.3 Å². The molecule has 2 aromatic rings. The van der Waals surface area contributed by atoms with Crippen molar-refractivity contribution in [2.24, 2.45) is 0 Å². The third-order valence-electron chi connectivity index (χ3n) is 5.65. The Kier molecular flexibility index (Phi) is 11.3. The molecule has 0 aromatic heterocycles. The average molecular weight is 530 g/mol. The Morgan fingerprint density at radius 1 is 1.05 bits per heavy atom. The lowest BCUT2D eigenvalue weighted by atomic mass is 10.0. The first kappa shape index (κ1) is 30.0. The first-order valence-electron chi connectivity index (χ1n) is 12.5. The van der Waals surface area contributed by atoms with Gasteiger partial charge in [-0.05, 0) is 51.8 Å². The van der Waals surface area contributed by atoms with E-state index in [-0.39, 0.29) is 23.6 Å². The summed E-state index contributed by atoms with van der Waals surface area (Å²) < 4.78 is 5.33. The minimum atomic E-state index is -1.15. The topological polar surface area (TPSA) is 108 Å². The summed E-state index contributed by atoms with van der Waals surface area (Å²) in [6.45, 7) is 9.34. The van der Waals surface area contributed by atoms with E-state index in [1.165, 1.54) is 11.0 Å². The summed E-state index contributed by atoms with van der Waals surface area (Å²) in [7, 11) is 0. The maximum absolute atomic E-state index is 13.9. The van der Waals surface area contributed by atoms with Crippen molar-refractivity contribution < 1.29 is 24.2 Å². The van der Waals surface area contributed by atoms with E-state index in [9.17, 15) is 19.5 Å². The standard InChI is InChI=1S/C28H39N3O5S/c1-6-7-12-17-31(26(34)22(18-37)30-27(35)36-28(3,4)5)24(20-14-9-11-16-23(20)32)25(33)29-21-15-10-8-13-19(21)2/h8-11,13-16,22,24,32,37H,6-7,12,17-18H2,1-5H3,(H,29,33)(H,30,35). The van der Waals surface area contributed by atoms with Crippen molar-refractivity contribution in [1.29, 1.82) is 0 Å². The normalized spacial score (nSPS) is 12.8. The Morgan fingerprint density at radius 2 is 1.70 bits per heavy atom. The van der Waals surface area contributed by atoms with Gasteiger partial charge >= 0.3 is 6.09 Å². The summed E-state index contributed by atoms with van der Waals surface area (Å²) in [5.74, 6) is -1.08. The van der Waals surface area contributed by atoms with E-state index >= 15 is 0 Å². The van der Waals surface area contributed by atoms with Crippen molar-refractivity contribution in [1.82, 2.24) is 10.2 Å². The highest BCUT2D eigenvalue weighted by Crippen LogP contribution is 2.31. The van der Waals surface area contributed by atoms with E-state index in [0.717, 1.165) is 18.4 Å². The van der Waals surface area contributed by atoms with E-state index in [0.29, 0.717) is 12.1 Å². The molecule has 8 nitrogen and oxygen atoms in total. The lowest BCUT2D eigenvalue weighted by molar-refractivity contribution is -0.140. The summed E-state index contributed by atoms with van der Waals surface area (Å²) in [6.07, 6.45) is 1.62. The highest BCUT2D eigenvalue weighted by molar-refractivity contribution is 7.80. The minimum Gasteiger partial charge on any atom is -0.508 e. The van der Waals surface area contributed by atoms with Crippen LogP contribution in [-0.2, 0) is 14.3 Å². The number of benzene rings is 2. The number of carbonyl (C=O) groups is 3. The second-order valence-corrected chi connectivity index (χ2v) is 10.3. The predicted molar refractivity (Wildman–Crippen MR) is 149 cm³/mol. The van der Waals surface area contributed by atoms with Gasteiger partial charge in [0.15, 0.2) is 0 Å². The molecule has 0 aliphatic heterocycles. The van der Waals surface area contributed by atoms with Crippen LogP contribution in [0.3, 0.4) is 0 Å². The number of amides is 3. The molecule has 0 fully saturated rings. The van der Waals surface area contributed by atoms with Crippen LogP contribution < -0.4 is 10.6 Å². The van der Waals surface area contributed by atoms with Gasteiger partial charge in [-0.15, -0.1) is 0 Å². The van der Waals surface area contributed by atoms with Gasteiger partial charge in [0, 0.05) is 23.5 Å². The number of hydrogen-bond acceptors (Lipinski definition) is 6. The molecular formula is C28H39N3O5S. The molecule has 9 heteroatoms. The Hall–Kier alpha value is -3.20. The van der Waals surface area contributed by atoms with Gasteiger partial charge in [0.2, 0.25) is 5.91 Å². The van der Waals surface area contributed by atoms with Gasteiger partial charge in [-0.3, -0.25) is 9.59 Å². The van der Waals surface area contributed by atoms with E-state index in [1.54, 1.807) is 45.0 Å². The van der Waals surface area contributed by atoms with Crippen LogP contribution in [0.25, 0.3) is 0 Å². The van der Waals surface area contributed by atoms with Crippen LogP contribution in [0.1, 0.15) is 64.1 Å². The van der Waals surface area contributed by atoms with E-state index < -0.39 is 35.6 Å². The van der Waals surface area contributed by atoms with Crippen LogP contribution in [0.2, 0.25) is 0 Å². The summed E-state index contributed by atoms with van der Waals surface area (Å²) in [4.78, 5) is 41.5. The number of rotatable bonds is 11. The number of aromatic hydroxyl groups is 1. The molecule has 2 atom stereocenters. The fraction of sp³-hybridized carbons (Fsp3) is 0.464. The number of para-hydroxylation sites is 2. The molecule has 0 radical (unpaired) electrons. The summed E-state index contributed by atoms with van der Waals surface area (Å²) >= 11 is 4.30. The molecule has 0 aliphatic rings. The molecule has 37 heavy (non-hydrogen) atoms. The van der Waals surface area contributed by atoms with Crippen LogP contribution in [0.4, 0.5) is 10.5 Å². The van der Waals surface area contributed by atoms with Crippen LogP contribution in [0.15, 0.2) is 48.5 Å². The monoisotopic (exact) mass is 529 g/mol. The maximum atomic E-state index is 13.9. The number of nitrogens with zero attached hydrogens (tertiary/aromatic N) is 1. The number of hydrogen-bond donors (Lipinski definition) is 4. The Balaban J connectivity index is 2.49. The lowest BCUT2D eigenvalue weighted by Crippen LogP contribution is -2.53. The van der Waals surface area contributed by atoms with E-state index in [1.807, 2.05) is 32.0 Å². The molecule has 2 rings (SSSR count). The predicted octanol–water partition coefficient (Wildman–Crippen LogP) is 5.22. The molecular weight excluding hydrogens is 490 g/mol. The van der Waals surface area contributed by atoms with Crippen molar-refractivity contribution in [3.8, 4) is 5.75 Å². The number of carbonyl (C=O) groups excluding carboxylic acids is 3. The van der Waals surface area contributed by atoms with Crippen molar-refractivity contribution >= 4 is 36.2 Å². The first-order chi connectivity index (χ1) is 17.5. The summed E-state index contributed by atoms with van der Waals surface area (Å²) in [5.41, 5.74) is 0.997. The lowest BCUT2D eigenvalue weighted by Gasteiger charge is -2.34. The van der Waals surface area contributed by atoms with Crippen molar-refractivity contribution in [3.63, 3.8) is 0 Å². The fourth-order valence-corrected chi connectivity index (χ4v) is 4.07. The van der Waals surface area contributed by atoms with Crippen LogP contribution in [0, 0.1) is 6.92 Å². The number of ether oxygens (including phenoxy) is 1. The van der Waals surface area contributed by atoms with Crippen molar-refractivity contribution in [3.05, 3.63) is 59.7 Å². The average Bonchev–Trinajstić information content (AvgIpc) is 2.83. The maximum Gasteiger partial charge on any atom is 0.408 e. The smallest absolute Gasteiger partial charge is 0.408 e. The largest absolute Gasteiger partial charge is 0.508 e. The second-order valence-electron chi connectivity index (χ2n) is 9.89. The number of aryl methyl sites for hydroxylation is 1. The summed E-state index contributed by atoms with van der Waals surface area (Å²) in [5, 5.41) is 16.2. The quantitative estimate of drug-likeness (QED) is 0.236. The van der Waals surface area contributed by atoms with Gasteiger partial charge in [0.25, 0.3) is 5.91 Å². The number of thiol groups is 1. The molecule has 3 amide bonds. The molecule has 202 valence electrons. The molecule has 0 saturated heterocycles. The highest BCUT2D eigenvalue weighted by atomic mass is 32.1. The zero-order chi connectivity index (χ0) is 27.6. The molecule has 2 aromatic carbocycles. The molecule has 0 bridgehead atoms. The number of nitrogens with one attached hydrogen (secondary N) is 2. The van der Waals surface area contributed by atoms with Gasteiger partial charge in [-0.25, -0.2) is 4.79 Å². The van der Waals surface area contributed by atoms with Gasteiger partial charge < -0.3 is 25.4 Å². The van der Waals surface area contributed by atoms with Gasteiger partial charge in [0.1, 0.15) is 23.4 Å². The minimum absolute atomic E-state index is 0.00470. The molecule has 0 saturated carbocycles. The fourth-order valence-electron chi connectivity index (χ4n) is 3.82. The first-order valence-corrected chi connectivity index (χ1v) is 13.2. The Bertz CT molecular complexity index is 1070. The number of alkyl carbamates (subject to hydrolysis) is 1. The van der Waals surface area contributed by atoms with E-state index in [4.69, 9.17) is 4.74 Å². The third-order valence-corrected chi connectivity index (χ3v) is 6.02. The number of unbranched alkanes of at least 4 members (excludes halogenated alkanes) is 2. The van der Waals surface area contributed by atoms with Crippen molar-refractivity contribution in [2.45, 2.75) is 71.6 Å². The third kappa shape index (κ3) is 9.00. The molecule has 0 spiro atoms. The summed E-state index contributed by atoms with van der Waals surface area (Å²) in [6, 6.07) is 11.6. The Morgan fingerprint density at radius 3 is 2.30 bits per heavy atom. The number of anilines is 1. The zero-order valence-corrected chi connectivity index (χ0v) is 23.2. The van der Waals surface area contributed by atoms with Crippen LogP contribution in [-0.4, -0.2) is 51.9 Å². The zero-order valence-electron chi connectivity index (χ0n) is 22.3. The van der Waals surface area contributed by atoms with Gasteiger partial charge in [-0.2, -0.15) is 12.6 Å². The van der Waals surface area contributed by atoms with Crippen LogP contribution >= 0.6 is 12.6 Å². The molecule has 0 aliphatic carbocycles. The molecule has 3 N–H and O–H groups in total. The highest BCUT2D eigenvalue weighted by Gasteiger charge is 2.37. The second kappa shape index (κ2) is 13.9. The van der Waals surface area contributed by atoms with Gasteiger partial charge in [-0.1, -0.05) is 56.2 Å². The molecule has 0 heterocycles. The van der Waals surface area contributed by atoms with Crippen molar-refractivity contribution in [2.75, 3.05) is 17.6 Å². The number of phenolic OH excluding ortho intramolecular Hbond substituents is 1. The van der Waals surface area contributed by atoms with Gasteiger partial charge in [0.05, 0.1) is 0 Å². The number of phenols is 1. The Labute approximate surface area is 225 Å². The SMILES string of the molecule is CCCCCN(C(=O)C(CS)NC(=O)OC(C)(C)C)C(C(=O)Nc1ccccc1C)c1ccccc1O.